The summed E-state index contributed by atoms with van der Waals surface area (Å²) in [7, 11) is 3.82. The normalized spacial score (nSPS) is 10.1. The summed E-state index contributed by atoms with van der Waals surface area (Å²) >= 11 is 0. The molecule has 2 aromatic rings. The highest BCUT2D eigenvalue weighted by Crippen LogP contribution is 2.14. The van der Waals surface area contributed by atoms with Crippen molar-refractivity contribution in [2.75, 3.05) is 24.3 Å². The molecule has 0 saturated carbocycles. The average Bonchev–Trinajstić information content (AvgIpc) is 2.55. The second-order valence-electron chi connectivity index (χ2n) is 5.67. The maximum Gasteiger partial charge on any atom is 0.231 e. The Bertz CT molecular complexity index is 722. The Morgan fingerprint density at radius 3 is 2.08 bits per heavy atom. The first-order valence-electron chi connectivity index (χ1n) is 7.63. The minimum Gasteiger partial charge on any atom is -0.378 e. The standard InChI is InChI=1S/C19H20N2O3/c1-21(2)16-10-8-14(9-11-16)18(23)12-17(22)13-19(24)20-15-6-4-3-5-7-15/h3-11H,12-13H2,1-2H3,(H,20,24). The number of hydrogen-bond acceptors (Lipinski definition) is 4. The van der Waals surface area contributed by atoms with Crippen molar-refractivity contribution in [2.45, 2.75) is 12.8 Å². The van der Waals surface area contributed by atoms with E-state index in [-0.39, 0.29) is 18.6 Å². The lowest BCUT2D eigenvalue weighted by Crippen LogP contribution is -2.18. The first-order chi connectivity index (χ1) is 11.5. The van der Waals surface area contributed by atoms with Crippen LogP contribution in [-0.4, -0.2) is 31.6 Å². The van der Waals surface area contributed by atoms with Crippen molar-refractivity contribution in [3.8, 4) is 0 Å². The SMILES string of the molecule is CN(C)c1ccc(C(=O)CC(=O)CC(=O)Nc2ccccc2)cc1. The number of rotatable bonds is 7. The number of benzene rings is 2. The second kappa shape index (κ2) is 8.06. The van der Waals surface area contributed by atoms with Crippen molar-refractivity contribution >= 4 is 28.8 Å². The maximum absolute atomic E-state index is 12.1. The van der Waals surface area contributed by atoms with Crippen molar-refractivity contribution in [1.29, 1.82) is 0 Å². The number of carbonyl (C=O) groups excluding carboxylic acids is 3. The molecule has 0 aromatic heterocycles. The lowest BCUT2D eigenvalue weighted by atomic mass is 10.0. The Morgan fingerprint density at radius 2 is 1.50 bits per heavy atom. The Hall–Kier alpha value is -2.95. The van der Waals surface area contributed by atoms with E-state index in [9.17, 15) is 14.4 Å². The summed E-state index contributed by atoms with van der Waals surface area (Å²) in [5, 5.41) is 2.63. The third-order valence-electron chi connectivity index (χ3n) is 3.48. The summed E-state index contributed by atoms with van der Waals surface area (Å²) in [5.41, 5.74) is 2.07. The predicted octanol–water partition coefficient (Wildman–Crippen LogP) is 2.92. The molecule has 0 spiro atoms. The van der Waals surface area contributed by atoms with Gasteiger partial charge in [-0.25, -0.2) is 0 Å². The fraction of sp³-hybridized carbons (Fsp3) is 0.211. The fourth-order valence-electron chi connectivity index (χ4n) is 2.19. The van der Waals surface area contributed by atoms with Crippen LogP contribution in [0.5, 0.6) is 0 Å². The van der Waals surface area contributed by atoms with Gasteiger partial charge in [-0.05, 0) is 36.4 Å². The van der Waals surface area contributed by atoms with E-state index in [1.54, 1.807) is 36.4 Å². The highest BCUT2D eigenvalue weighted by atomic mass is 16.2. The quantitative estimate of drug-likeness (QED) is 0.628. The van der Waals surface area contributed by atoms with Gasteiger partial charge in [0.15, 0.2) is 5.78 Å². The zero-order chi connectivity index (χ0) is 17.5. The number of carbonyl (C=O) groups is 3. The third-order valence-corrected chi connectivity index (χ3v) is 3.48. The van der Waals surface area contributed by atoms with Crippen molar-refractivity contribution in [3.63, 3.8) is 0 Å². The van der Waals surface area contributed by atoms with Gasteiger partial charge >= 0.3 is 0 Å². The zero-order valence-electron chi connectivity index (χ0n) is 13.8. The van der Waals surface area contributed by atoms with Crippen molar-refractivity contribution in [1.82, 2.24) is 0 Å². The number of para-hydroxylation sites is 1. The number of anilines is 2. The van der Waals surface area contributed by atoms with Crippen LogP contribution in [0.1, 0.15) is 23.2 Å². The first-order valence-corrected chi connectivity index (χ1v) is 7.63. The molecule has 0 atom stereocenters. The van der Waals surface area contributed by atoms with E-state index in [1.165, 1.54) is 0 Å². The van der Waals surface area contributed by atoms with Crippen LogP contribution >= 0.6 is 0 Å². The number of nitrogens with one attached hydrogen (secondary N) is 1. The van der Waals surface area contributed by atoms with Gasteiger partial charge in [-0.3, -0.25) is 14.4 Å². The smallest absolute Gasteiger partial charge is 0.231 e. The van der Waals surface area contributed by atoms with E-state index < -0.39 is 11.7 Å². The van der Waals surface area contributed by atoms with Gasteiger partial charge < -0.3 is 10.2 Å². The molecule has 0 radical (unpaired) electrons. The van der Waals surface area contributed by atoms with E-state index in [1.807, 2.05) is 37.2 Å². The Balaban J connectivity index is 1.87. The fourth-order valence-corrected chi connectivity index (χ4v) is 2.19. The molecule has 2 rings (SSSR count). The Kier molecular flexibility index (Phi) is 5.84. The molecular weight excluding hydrogens is 304 g/mol. The van der Waals surface area contributed by atoms with E-state index in [4.69, 9.17) is 0 Å². The van der Waals surface area contributed by atoms with E-state index in [0.717, 1.165) is 5.69 Å². The van der Waals surface area contributed by atoms with Crippen molar-refractivity contribution in [2.24, 2.45) is 0 Å². The van der Waals surface area contributed by atoms with Crippen LogP contribution in [0.4, 0.5) is 11.4 Å². The molecule has 0 bridgehead atoms. The molecule has 1 amide bonds. The lowest BCUT2D eigenvalue weighted by molar-refractivity contribution is -0.124. The number of Topliss-reactive ketones (excluding diaryl/α,β-unsaturated/α-hetero) is 2. The topological polar surface area (TPSA) is 66.5 Å². The molecule has 1 N–H and O–H groups in total. The summed E-state index contributed by atoms with van der Waals surface area (Å²) in [6, 6.07) is 15.9. The molecule has 24 heavy (non-hydrogen) atoms. The molecular formula is C19H20N2O3. The van der Waals surface area contributed by atoms with Gasteiger partial charge in [0, 0.05) is 31.0 Å². The van der Waals surface area contributed by atoms with Crippen molar-refractivity contribution < 1.29 is 14.4 Å². The zero-order valence-corrected chi connectivity index (χ0v) is 13.8. The minimum absolute atomic E-state index is 0.274. The van der Waals surface area contributed by atoms with Crippen LogP contribution in [0.15, 0.2) is 54.6 Å². The van der Waals surface area contributed by atoms with Crippen LogP contribution in [0, 0.1) is 0 Å². The van der Waals surface area contributed by atoms with Gasteiger partial charge in [0.05, 0.1) is 12.8 Å². The molecule has 0 heterocycles. The number of ketones is 2. The number of hydrogen-bond donors (Lipinski definition) is 1. The molecule has 0 saturated heterocycles. The Labute approximate surface area is 141 Å². The summed E-state index contributed by atoms with van der Waals surface area (Å²) in [5.74, 6) is -1.09. The molecule has 0 unspecified atom stereocenters. The number of amides is 1. The van der Waals surface area contributed by atoms with Crippen LogP contribution in [0.25, 0.3) is 0 Å². The molecule has 0 aliphatic rings. The van der Waals surface area contributed by atoms with Gasteiger partial charge in [-0.15, -0.1) is 0 Å². The summed E-state index contributed by atoms with van der Waals surface area (Å²) in [6.45, 7) is 0. The number of nitrogens with zero attached hydrogens (tertiary/aromatic N) is 1. The molecule has 5 heteroatoms. The summed E-state index contributed by atoms with van der Waals surface area (Å²) in [6.07, 6.45) is -0.583. The third kappa shape index (κ3) is 5.05. The second-order valence-corrected chi connectivity index (χ2v) is 5.67. The highest BCUT2D eigenvalue weighted by molar-refractivity contribution is 6.13. The molecule has 0 aliphatic heterocycles. The largest absolute Gasteiger partial charge is 0.378 e. The van der Waals surface area contributed by atoms with Gasteiger partial charge in [0.2, 0.25) is 5.91 Å². The van der Waals surface area contributed by atoms with Crippen LogP contribution in [0.3, 0.4) is 0 Å². The van der Waals surface area contributed by atoms with Crippen LogP contribution in [-0.2, 0) is 9.59 Å². The molecule has 2 aromatic carbocycles. The van der Waals surface area contributed by atoms with Gasteiger partial charge in [0.25, 0.3) is 0 Å². The summed E-state index contributed by atoms with van der Waals surface area (Å²) in [4.78, 5) is 37.8. The molecule has 5 nitrogen and oxygen atoms in total. The van der Waals surface area contributed by atoms with Gasteiger partial charge in [0.1, 0.15) is 5.78 Å². The van der Waals surface area contributed by atoms with E-state index in [0.29, 0.717) is 11.3 Å². The van der Waals surface area contributed by atoms with Crippen LogP contribution in [0.2, 0.25) is 0 Å². The highest BCUT2D eigenvalue weighted by Gasteiger charge is 2.15. The Morgan fingerprint density at radius 1 is 0.875 bits per heavy atom. The maximum atomic E-state index is 12.1. The minimum atomic E-state index is -0.415. The van der Waals surface area contributed by atoms with Gasteiger partial charge in [-0.2, -0.15) is 0 Å². The molecule has 0 fully saturated rings. The van der Waals surface area contributed by atoms with Crippen molar-refractivity contribution in [3.05, 3.63) is 60.2 Å². The summed E-state index contributed by atoms with van der Waals surface area (Å²) < 4.78 is 0. The van der Waals surface area contributed by atoms with Gasteiger partial charge in [-0.1, -0.05) is 18.2 Å². The predicted molar refractivity (Wildman–Crippen MR) is 94.4 cm³/mol. The molecule has 124 valence electrons. The average molecular weight is 324 g/mol. The van der Waals surface area contributed by atoms with E-state index in [2.05, 4.69) is 5.32 Å². The monoisotopic (exact) mass is 324 g/mol. The van der Waals surface area contributed by atoms with E-state index >= 15 is 0 Å². The molecule has 0 aliphatic carbocycles. The lowest BCUT2D eigenvalue weighted by Gasteiger charge is -2.12. The first kappa shape index (κ1) is 17.4. The van der Waals surface area contributed by atoms with Crippen LogP contribution < -0.4 is 10.2 Å².